The molecule has 0 bridgehead atoms. The number of hydrogen-bond donors (Lipinski definition) is 1. The van der Waals surface area contributed by atoms with Crippen molar-refractivity contribution < 1.29 is 14.3 Å². The molecule has 1 rings (SSSR count). The molecular formula is C15H27N3O3. The summed E-state index contributed by atoms with van der Waals surface area (Å²) in [4.78, 5) is 27.1. The van der Waals surface area contributed by atoms with Gasteiger partial charge >= 0.3 is 12.1 Å². The molecule has 0 spiro atoms. The van der Waals surface area contributed by atoms with E-state index in [0.717, 1.165) is 12.8 Å². The number of hydrogen-bond acceptors (Lipinski definition) is 3. The lowest BCUT2D eigenvalue weighted by atomic mass is 10.1. The van der Waals surface area contributed by atoms with Crippen molar-refractivity contribution in [3.05, 3.63) is 12.7 Å². The second kappa shape index (κ2) is 7.33. The molecule has 0 aromatic heterocycles. The standard InChI is InChI=1S/C15H27N3O3/c1-6-9-17(5)13(19)16-12-7-10-18(11-8-12)14(20)21-15(2,3)4/h6,12H,1,7-11H2,2-5H3,(H,16,19). The van der Waals surface area contributed by atoms with Crippen molar-refractivity contribution in [2.45, 2.75) is 45.3 Å². The number of carbonyl (C=O) groups is 2. The largest absolute Gasteiger partial charge is 0.444 e. The molecule has 120 valence electrons. The molecule has 6 heteroatoms. The summed E-state index contributed by atoms with van der Waals surface area (Å²) >= 11 is 0. The van der Waals surface area contributed by atoms with Gasteiger partial charge in [0.1, 0.15) is 5.60 Å². The molecule has 0 radical (unpaired) electrons. The predicted molar refractivity (Wildman–Crippen MR) is 82.2 cm³/mol. The first-order valence-corrected chi connectivity index (χ1v) is 7.33. The molecule has 1 fully saturated rings. The first-order valence-electron chi connectivity index (χ1n) is 7.33. The quantitative estimate of drug-likeness (QED) is 0.812. The van der Waals surface area contributed by atoms with Gasteiger partial charge in [0.15, 0.2) is 0 Å². The summed E-state index contributed by atoms with van der Waals surface area (Å²) < 4.78 is 5.34. The molecule has 1 heterocycles. The smallest absolute Gasteiger partial charge is 0.410 e. The number of rotatable bonds is 3. The maximum atomic E-state index is 11.9. The van der Waals surface area contributed by atoms with E-state index in [0.29, 0.717) is 19.6 Å². The van der Waals surface area contributed by atoms with Crippen molar-refractivity contribution in [2.75, 3.05) is 26.7 Å². The van der Waals surface area contributed by atoms with Crippen LogP contribution in [-0.4, -0.2) is 60.2 Å². The molecule has 21 heavy (non-hydrogen) atoms. The van der Waals surface area contributed by atoms with Crippen LogP contribution in [0.4, 0.5) is 9.59 Å². The lowest BCUT2D eigenvalue weighted by Crippen LogP contribution is -2.50. The summed E-state index contributed by atoms with van der Waals surface area (Å²) in [5.41, 5.74) is -0.477. The van der Waals surface area contributed by atoms with E-state index in [1.54, 1.807) is 22.9 Å². The number of piperidine rings is 1. The molecule has 0 aromatic carbocycles. The molecule has 0 atom stereocenters. The Hall–Kier alpha value is -1.72. The van der Waals surface area contributed by atoms with Crippen LogP contribution < -0.4 is 5.32 Å². The molecular weight excluding hydrogens is 270 g/mol. The van der Waals surface area contributed by atoms with Crippen LogP contribution >= 0.6 is 0 Å². The van der Waals surface area contributed by atoms with E-state index in [9.17, 15) is 9.59 Å². The van der Waals surface area contributed by atoms with Crippen LogP contribution in [0.5, 0.6) is 0 Å². The summed E-state index contributed by atoms with van der Waals surface area (Å²) in [6.07, 6.45) is 2.89. The summed E-state index contributed by atoms with van der Waals surface area (Å²) in [5, 5.41) is 2.97. The number of likely N-dealkylation sites (N-methyl/N-ethyl adjacent to an activating group) is 1. The van der Waals surface area contributed by atoms with Crippen LogP contribution in [0, 0.1) is 0 Å². The van der Waals surface area contributed by atoms with Crippen LogP contribution in [0.1, 0.15) is 33.6 Å². The van der Waals surface area contributed by atoms with Crippen molar-refractivity contribution in [1.29, 1.82) is 0 Å². The lowest BCUT2D eigenvalue weighted by Gasteiger charge is -2.34. The molecule has 0 saturated carbocycles. The number of ether oxygens (including phenoxy) is 1. The monoisotopic (exact) mass is 297 g/mol. The van der Waals surface area contributed by atoms with Crippen LogP contribution in [-0.2, 0) is 4.74 Å². The van der Waals surface area contributed by atoms with E-state index >= 15 is 0 Å². The normalized spacial score (nSPS) is 16.3. The third-order valence-corrected chi connectivity index (χ3v) is 3.22. The summed E-state index contributed by atoms with van der Waals surface area (Å²) in [5.74, 6) is 0. The third kappa shape index (κ3) is 6.06. The van der Waals surface area contributed by atoms with E-state index in [-0.39, 0.29) is 18.2 Å². The van der Waals surface area contributed by atoms with Gasteiger partial charge in [-0.1, -0.05) is 6.08 Å². The van der Waals surface area contributed by atoms with Gasteiger partial charge in [-0.2, -0.15) is 0 Å². The van der Waals surface area contributed by atoms with Gasteiger partial charge in [0.05, 0.1) is 0 Å². The van der Waals surface area contributed by atoms with Crippen LogP contribution in [0.3, 0.4) is 0 Å². The zero-order valence-corrected chi connectivity index (χ0v) is 13.5. The number of urea groups is 1. The lowest BCUT2D eigenvalue weighted by molar-refractivity contribution is 0.0201. The fourth-order valence-corrected chi connectivity index (χ4v) is 2.09. The highest BCUT2D eigenvalue weighted by atomic mass is 16.6. The van der Waals surface area contributed by atoms with Crippen LogP contribution in [0.25, 0.3) is 0 Å². The Morgan fingerprint density at radius 3 is 2.43 bits per heavy atom. The number of amides is 3. The van der Waals surface area contributed by atoms with Crippen molar-refractivity contribution in [2.24, 2.45) is 0 Å². The number of carbonyl (C=O) groups excluding carboxylic acids is 2. The maximum Gasteiger partial charge on any atom is 0.410 e. The summed E-state index contributed by atoms with van der Waals surface area (Å²) in [6.45, 7) is 10.9. The average Bonchev–Trinajstić information content (AvgIpc) is 2.37. The van der Waals surface area contributed by atoms with Gasteiger partial charge in [-0.15, -0.1) is 6.58 Å². The van der Waals surface area contributed by atoms with Gasteiger partial charge in [-0.3, -0.25) is 0 Å². The Morgan fingerprint density at radius 1 is 1.38 bits per heavy atom. The molecule has 1 aliphatic rings. The van der Waals surface area contributed by atoms with Crippen molar-refractivity contribution in [3.63, 3.8) is 0 Å². The molecule has 0 unspecified atom stereocenters. The molecule has 1 N–H and O–H groups in total. The Labute approximate surface area is 127 Å². The number of likely N-dealkylation sites (tertiary alicyclic amines) is 1. The molecule has 1 aliphatic heterocycles. The second-order valence-corrected chi connectivity index (χ2v) is 6.36. The fourth-order valence-electron chi connectivity index (χ4n) is 2.09. The maximum absolute atomic E-state index is 11.9. The SMILES string of the molecule is C=CCN(C)C(=O)NC1CCN(C(=O)OC(C)(C)C)CC1. The zero-order valence-electron chi connectivity index (χ0n) is 13.5. The zero-order chi connectivity index (χ0) is 16.0. The molecule has 6 nitrogen and oxygen atoms in total. The minimum atomic E-state index is -0.477. The Kier molecular flexibility index (Phi) is 6.05. The van der Waals surface area contributed by atoms with E-state index in [1.807, 2.05) is 20.8 Å². The van der Waals surface area contributed by atoms with E-state index in [1.165, 1.54) is 0 Å². The first kappa shape index (κ1) is 17.3. The average molecular weight is 297 g/mol. The van der Waals surface area contributed by atoms with Gasteiger partial charge in [0.25, 0.3) is 0 Å². The Bertz CT molecular complexity index is 382. The number of nitrogens with zero attached hydrogens (tertiary/aromatic N) is 2. The second-order valence-electron chi connectivity index (χ2n) is 6.36. The van der Waals surface area contributed by atoms with Crippen molar-refractivity contribution in [1.82, 2.24) is 15.1 Å². The molecule has 0 aromatic rings. The van der Waals surface area contributed by atoms with Crippen LogP contribution in [0.2, 0.25) is 0 Å². The minimum absolute atomic E-state index is 0.100. The van der Waals surface area contributed by atoms with Crippen LogP contribution in [0.15, 0.2) is 12.7 Å². The van der Waals surface area contributed by atoms with Crippen molar-refractivity contribution >= 4 is 12.1 Å². The highest BCUT2D eigenvalue weighted by Crippen LogP contribution is 2.15. The van der Waals surface area contributed by atoms with Crippen molar-refractivity contribution in [3.8, 4) is 0 Å². The summed E-state index contributed by atoms with van der Waals surface area (Å²) in [7, 11) is 1.73. The molecule has 1 saturated heterocycles. The predicted octanol–water partition coefficient (Wildman–Crippen LogP) is 2.21. The fraction of sp³-hybridized carbons (Fsp3) is 0.733. The molecule has 3 amide bonds. The first-order chi connectivity index (χ1) is 9.73. The Balaban J connectivity index is 2.37. The highest BCUT2D eigenvalue weighted by Gasteiger charge is 2.27. The van der Waals surface area contributed by atoms with E-state index < -0.39 is 5.60 Å². The topological polar surface area (TPSA) is 61.9 Å². The van der Waals surface area contributed by atoms with Gasteiger partial charge < -0.3 is 19.9 Å². The Morgan fingerprint density at radius 2 is 1.95 bits per heavy atom. The summed E-state index contributed by atoms with van der Waals surface area (Å²) in [6, 6.07) is -0.00549. The van der Waals surface area contributed by atoms with E-state index in [2.05, 4.69) is 11.9 Å². The van der Waals surface area contributed by atoms with E-state index in [4.69, 9.17) is 4.74 Å². The number of nitrogens with one attached hydrogen (secondary N) is 1. The molecule has 0 aliphatic carbocycles. The van der Waals surface area contributed by atoms with Gasteiger partial charge in [0.2, 0.25) is 0 Å². The van der Waals surface area contributed by atoms with Gasteiger partial charge in [-0.05, 0) is 33.6 Å². The minimum Gasteiger partial charge on any atom is -0.444 e. The highest BCUT2D eigenvalue weighted by molar-refractivity contribution is 5.74. The van der Waals surface area contributed by atoms with Gasteiger partial charge in [0, 0.05) is 32.7 Å². The van der Waals surface area contributed by atoms with Gasteiger partial charge in [-0.25, -0.2) is 9.59 Å². The third-order valence-electron chi connectivity index (χ3n) is 3.22.